The minimum atomic E-state index is -4.94. The van der Waals surface area contributed by atoms with E-state index >= 15 is 0 Å². The predicted molar refractivity (Wildman–Crippen MR) is 47.9 cm³/mol. The van der Waals surface area contributed by atoms with Gasteiger partial charge < -0.3 is 19.8 Å². The van der Waals surface area contributed by atoms with E-state index in [9.17, 15) is 22.5 Å². The van der Waals surface area contributed by atoms with E-state index in [2.05, 4.69) is 9.26 Å². The zero-order chi connectivity index (χ0) is 13.5. The Morgan fingerprint density at radius 3 is 2.29 bits per heavy atom. The number of amides is 1. The molecule has 0 saturated carbocycles. The third-order valence-corrected chi connectivity index (χ3v) is 1.80. The lowest BCUT2D eigenvalue weighted by Crippen LogP contribution is -2.38. The maximum atomic E-state index is 11.7. The molecule has 0 aliphatic carbocycles. The molecule has 3 N–H and O–H groups in total. The fraction of sp³-hybridized carbons (Fsp3) is 0.833. The minimum Gasteiger partial charge on any atom is -0.377 e. The Bertz CT molecular complexity index is 290. The molecule has 102 valence electrons. The zero-order valence-electron chi connectivity index (χ0n) is 8.44. The Hall–Kier alpha value is -0.670. The molecular weight excluding hydrogens is 270 g/mol. The summed E-state index contributed by atoms with van der Waals surface area (Å²) in [5.74, 6) is -2.08. The first-order chi connectivity index (χ1) is 7.63. The summed E-state index contributed by atoms with van der Waals surface area (Å²) in [4.78, 5) is 26.7. The van der Waals surface area contributed by atoms with E-state index < -0.39 is 26.5 Å². The highest BCUT2D eigenvalue weighted by Gasteiger charge is 2.38. The van der Waals surface area contributed by atoms with Crippen molar-refractivity contribution in [1.29, 1.82) is 0 Å². The smallest absolute Gasteiger partial charge is 0.377 e. The molecule has 0 radical (unpaired) electrons. The van der Waals surface area contributed by atoms with E-state index in [0.29, 0.717) is 0 Å². The first-order valence-corrected chi connectivity index (χ1v) is 5.79. The van der Waals surface area contributed by atoms with Crippen LogP contribution in [0.25, 0.3) is 0 Å². The fourth-order valence-corrected chi connectivity index (χ4v) is 0.966. The highest BCUT2D eigenvalue weighted by molar-refractivity contribution is 7.46. The van der Waals surface area contributed by atoms with Gasteiger partial charge in [0.1, 0.15) is 0 Å². The van der Waals surface area contributed by atoms with Gasteiger partial charge in [0.25, 0.3) is 0 Å². The lowest BCUT2D eigenvalue weighted by Gasteiger charge is -2.08. The van der Waals surface area contributed by atoms with Crippen molar-refractivity contribution in [1.82, 2.24) is 5.32 Å². The van der Waals surface area contributed by atoms with Crippen molar-refractivity contribution in [3.05, 3.63) is 0 Å². The van der Waals surface area contributed by atoms with Gasteiger partial charge >= 0.3 is 19.9 Å². The number of alkyl halides is 3. The van der Waals surface area contributed by atoms with Crippen LogP contribution in [0.15, 0.2) is 0 Å². The number of hydrogen-bond acceptors (Lipinski definition) is 4. The van der Waals surface area contributed by atoms with Gasteiger partial charge in [0.2, 0.25) is 0 Å². The lowest BCUT2D eigenvalue weighted by molar-refractivity contribution is -0.173. The number of carbonyl (C=O) groups is 1. The molecule has 0 unspecified atom stereocenters. The van der Waals surface area contributed by atoms with Crippen molar-refractivity contribution in [2.75, 3.05) is 26.4 Å². The normalized spacial score (nSPS) is 12.5. The van der Waals surface area contributed by atoms with Gasteiger partial charge in [-0.2, -0.15) is 13.2 Å². The van der Waals surface area contributed by atoms with Gasteiger partial charge in [0.15, 0.2) is 0 Å². The second-order valence-electron chi connectivity index (χ2n) is 2.69. The monoisotopic (exact) mass is 281 g/mol. The second kappa shape index (κ2) is 6.92. The highest BCUT2D eigenvalue weighted by Crippen LogP contribution is 2.35. The molecule has 0 aliphatic heterocycles. The van der Waals surface area contributed by atoms with E-state index in [1.807, 2.05) is 0 Å². The molecule has 0 aromatic heterocycles. The van der Waals surface area contributed by atoms with Crippen LogP contribution >= 0.6 is 7.82 Å². The Balaban J connectivity index is 3.42. The Labute approximate surface area is 94.1 Å². The van der Waals surface area contributed by atoms with Gasteiger partial charge in [-0.3, -0.25) is 9.32 Å². The minimum absolute atomic E-state index is 0.215. The third-order valence-electron chi connectivity index (χ3n) is 1.28. The summed E-state index contributed by atoms with van der Waals surface area (Å²) in [7, 11) is -4.56. The number of ether oxygens (including phenoxy) is 1. The number of phosphoric ester groups is 1. The molecule has 17 heavy (non-hydrogen) atoms. The molecule has 0 spiro atoms. The molecule has 0 aromatic rings. The highest BCUT2D eigenvalue weighted by atomic mass is 31.2. The van der Waals surface area contributed by atoms with E-state index in [4.69, 9.17) is 9.79 Å². The van der Waals surface area contributed by atoms with Crippen LogP contribution in [-0.4, -0.2) is 48.2 Å². The molecule has 0 aromatic carbocycles. The van der Waals surface area contributed by atoms with E-state index in [1.54, 1.807) is 5.32 Å². The van der Waals surface area contributed by atoms with Crippen LogP contribution in [0.4, 0.5) is 13.2 Å². The second-order valence-corrected chi connectivity index (χ2v) is 3.93. The van der Waals surface area contributed by atoms with Gasteiger partial charge in [-0.1, -0.05) is 0 Å². The number of rotatable bonds is 7. The van der Waals surface area contributed by atoms with Crippen LogP contribution in [0.5, 0.6) is 0 Å². The Morgan fingerprint density at radius 2 is 1.82 bits per heavy atom. The summed E-state index contributed by atoms with van der Waals surface area (Å²) in [6, 6.07) is 0. The summed E-state index contributed by atoms with van der Waals surface area (Å²) in [6.07, 6.45) is -4.94. The molecular formula is C6H11F3NO6P. The van der Waals surface area contributed by atoms with Gasteiger partial charge in [-0.25, -0.2) is 4.57 Å². The first-order valence-electron chi connectivity index (χ1n) is 4.26. The molecule has 0 atom stereocenters. The number of halogens is 3. The van der Waals surface area contributed by atoms with Gasteiger partial charge in [-0.15, -0.1) is 0 Å². The van der Waals surface area contributed by atoms with Gasteiger partial charge in [0.05, 0.1) is 19.8 Å². The number of hydrogen-bond donors (Lipinski definition) is 3. The molecule has 0 fully saturated rings. The molecule has 0 rings (SSSR count). The fourth-order valence-electron chi connectivity index (χ4n) is 0.654. The molecule has 0 saturated heterocycles. The van der Waals surface area contributed by atoms with Crippen LogP contribution in [0.3, 0.4) is 0 Å². The molecule has 0 aliphatic rings. The molecule has 0 bridgehead atoms. The average Bonchev–Trinajstić information content (AvgIpc) is 2.12. The standard InChI is InChI=1S/C6H11F3NO6P/c7-6(8,9)5(11)10-1-2-15-3-4-16-17(12,13)14/h1-4H2,(H,10,11)(H2,12,13,14). The Morgan fingerprint density at radius 1 is 1.24 bits per heavy atom. The van der Waals surface area contributed by atoms with Crippen LogP contribution in [0, 0.1) is 0 Å². The largest absolute Gasteiger partial charge is 0.471 e. The lowest BCUT2D eigenvalue weighted by atomic mass is 10.5. The molecule has 7 nitrogen and oxygen atoms in total. The first kappa shape index (κ1) is 16.3. The number of phosphoric acid groups is 1. The van der Waals surface area contributed by atoms with Crippen molar-refractivity contribution < 1.29 is 41.6 Å². The average molecular weight is 281 g/mol. The topological polar surface area (TPSA) is 105 Å². The summed E-state index contributed by atoms with van der Waals surface area (Å²) in [6.45, 7) is -1.22. The number of nitrogens with one attached hydrogen (secondary N) is 1. The predicted octanol–water partition coefficient (Wildman–Crippen LogP) is -0.209. The maximum Gasteiger partial charge on any atom is 0.471 e. The SMILES string of the molecule is O=C(NCCOCCOP(=O)(O)O)C(F)(F)F. The van der Waals surface area contributed by atoms with Gasteiger partial charge in [0, 0.05) is 6.54 Å². The quantitative estimate of drug-likeness (QED) is 0.440. The van der Waals surface area contributed by atoms with Crippen molar-refractivity contribution in [3.8, 4) is 0 Å². The van der Waals surface area contributed by atoms with Crippen molar-refractivity contribution >= 4 is 13.7 Å². The molecule has 1 amide bonds. The van der Waals surface area contributed by atoms with E-state index in [0.717, 1.165) is 0 Å². The van der Waals surface area contributed by atoms with Crippen LogP contribution in [-0.2, 0) is 18.6 Å². The summed E-state index contributed by atoms with van der Waals surface area (Å²) in [5.41, 5.74) is 0. The zero-order valence-corrected chi connectivity index (χ0v) is 9.33. The summed E-state index contributed by atoms with van der Waals surface area (Å²) >= 11 is 0. The third kappa shape index (κ3) is 10.2. The van der Waals surface area contributed by atoms with Crippen LogP contribution < -0.4 is 5.32 Å². The maximum absolute atomic E-state index is 11.7. The van der Waals surface area contributed by atoms with Crippen molar-refractivity contribution in [2.24, 2.45) is 0 Å². The van der Waals surface area contributed by atoms with Crippen molar-refractivity contribution in [2.45, 2.75) is 6.18 Å². The van der Waals surface area contributed by atoms with Crippen LogP contribution in [0.2, 0.25) is 0 Å². The molecule has 0 heterocycles. The number of carbonyl (C=O) groups excluding carboxylic acids is 1. The van der Waals surface area contributed by atoms with Crippen molar-refractivity contribution in [3.63, 3.8) is 0 Å². The summed E-state index contributed by atoms with van der Waals surface area (Å²) < 4.78 is 53.7. The van der Waals surface area contributed by atoms with Gasteiger partial charge in [-0.05, 0) is 0 Å². The van der Waals surface area contributed by atoms with E-state index in [-0.39, 0.29) is 19.8 Å². The van der Waals surface area contributed by atoms with E-state index in [1.165, 1.54) is 0 Å². The summed E-state index contributed by atoms with van der Waals surface area (Å²) in [5, 5.41) is 1.55. The molecule has 11 heteroatoms. The van der Waals surface area contributed by atoms with Crippen LogP contribution in [0.1, 0.15) is 0 Å². The Kier molecular flexibility index (Phi) is 6.65.